The number of benzene rings is 1. The summed E-state index contributed by atoms with van der Waals surface area (Å²) in [6, 6.07) is 12.0. The van der Waals surface area contributed by atoms with Gasteiger partial charge in [-0.2, -0.15) is 20.8 Å². The molecule has 7 heteroatoms. The second-order valence-corrected chi connectivity index (χ2v) is 3.94. The van der Waals surface area contributed by atoms with Gasteiger partial charge in [-0.3, -0.25) is 0 Å². The fraction of sp³-hybridized carbons (Fsp3) is 0.0714. The van der Waals surface area contributed by atoms with Gasteiger partial charge in [0, 0.05) is 11.3 Å². The van der Waals surface area contributed by atoms with E-state index in [1.165, 1.54) is 0 Å². The average molecular weight is 276 g/mol. The summed E-state index contributed by atoms with van der Waals surface area (Å²) in [4.78, 5) is 4.10. The summed E-state index contributed by atoms with van der Waals surface area (Å²) in [5, 5.41) is 33.0. The molecule has 1 aromatic heterocycles. The summed E-state index contributed by atoms with van der Waals surface area (Å²) in [6.07, 6.45) is 0. The Morgan fingerprint density at radius 3 is 2.52 bits per heavy atom. The van der Waals surface area contributed by atoms with Gasteiger partial charge in [-0.1, -0.05) is 11.2 Å². The number of anilines is 1. The van der Waals surface area contributed by atoms with Gasteiger partial charge in [0.2, 0.25) is 0 Å². The molecule has 0 fully saturated rings. The Morgan fingerprint density at radius 1 is 1.19 bits per heavy atom. The third-order valence-electron chi connectivity index (χ3n) is 2.49. The highest BCUT2D eigenvalue weighted by atomic mass is 16.5. The van der Waals surface area contributed by atoms with Crippen LogP contribution in [0.3, 0.4) is 0 Å². The van der Waals surface area contributed by atoms with Crippen molar-refractivity contribution < 1.29 is 4.52 Å². The normalized spacial score (nSPS) is 9.05. The van der Waals surface area contributed by atoms with Crippen molar-refractivity contribution >= 4 is 5.69 Å². The minimum absolute atomic E-state index is 0.112. The predicted octanol–water partition coefficient (Wildman–Crippen LogP) is 2.28. The van der Waals surface area contributed by atoms with Crippen molar-refractivity contribution in [2.45, 2.75) is 6.92 Å². The van der Waals surface area contributed by atoms with E-state index in [0.29, 0.717) is 23.0 Å². The first-order valence-corrected chi connectivity index (χ1v) is 5.80. The maximum atomic E-state index is 9.00. The maximum absolute atomic E-state index is 9.00. The molecule has 0 aliphatic rings. The van der Waals surface area contributed by atoms with Gasteiger partial charge in [-0.05, 0) is 25.1 Å². The number of aromatic nitrogens is 2. The molecule has 100 valence electrons. The number of allylic oxidation sites excluding steroid dienone is 2. The second-order valence-electron chi connectivity index (χ2n) is 3.94. The molecular weight excluding hydrogens is 268 g/mol. The second kappa shape index (κ2) is 6.01. The SMILES string of the molecule is Cc1noc(-c2cccc(NC(C#N)=C(C#N)C#N)c2)n1. The molecule has 0 bridgehead atoms. The van der Waals surface area contributed by atoms with Crippen LogP contribution in [0.2, 0.25) is 0 Å². The first-order valence-electron chi connectivity index (χ1n) is 5.80. The van der Waals surface area contributed by atoms with Gasteiger partial charge in [0.25, 0.3) is 5.89 Å². The predicted molar refractivity (Wildman–Crippen MR) is 72.0 cm³/mol. The van der Waals surface area contributed by atoms with E-state index < -0.39 is 0 Å². The molecule has 0 spiro atoms. The van der Waals surface area contributed by atoms with E-state index >= 15 is 0 Å². The number of hydrogen-bond acceptors (Lipinski definition) is 7. The van der Waals surface area contributed by atoms with Crippen LogP contribution in [0.1, 0.15) is 5.82 Å². The highest BCUT2D eigenvalue weighted by Gasteiger charge is 2.09. The molecule has 0 unspecified atom stereocenters. The molecule has 2 rings (SSSR count). The van der Waals surface area contributed by atoms with E-state index in [9.17, 15) is 0 Å². The van der Waals surface area contributed by atoms with Gasteiger partial charge in [-0.15, -0.1) is 0 Å². The van der Waals surface area contributed by atoms with Crippen LogP contribution in [0.25, 0.3) is 11.5 Å². The lowest BCUT2D eigenvalue weighted by Crippen LogP contribution is -2.00. The van der Waals surface area contributed by atoms with Crippen molar-refractivity contribution in [3.05, 3.63) is 41.4 Å². The highest BCUT2D eigenvalue weighted by molar-refractivity contribution is 5.65. The molecule has 0 saturated carbocycles. The van der Waals surface area contributed by atoms with Crippen LogP contribution in [0, 0.1) is 40.9 Å². The minimum Gasteiger partial charge on any atom is -0.345 e. The van der Waals surface area contributed by atoms with Crippen molar-refractivity contribution in [3.63, 3.8) is 0 Å². The van der Waals surface area contributed by atoms with Gasteiger partial charge in [0.1, 0.15) is 23.9 Å². The molecular formula is C14H8N6O. The zero-order valence-electron chi connectivity index (χ0n) is 11.0. The minimum atomic E-state index is -0.281. The Kier molecular flexibility index (Phi) is 3.95. The molecule has 0 aliphatic heterocycles. The molecule has 0 atom stereocenters. The Morgan fingerprint density at radius 2 is 1.95 bits per heavy atom. The first-order chi connectivity index (χ1) is 10.2. The van der Waals surface area contributed by atoms with Crippen LogP contribution in [0.4, 0.5) is 5.69 Å². The summed E-state index contributed by atoms with van der Waals surface area (Å²) in [6.45, 7) is 1.71. The zero-order chi connectivity index (χ0) is 15.2. The number of nitrogens with one attached hydrogen (secondary N) is 1. The van der Waals surface area contributed by atoms with Crippen LogP contribution in [-0.4, -0.2) is 10.1 Å². The van der Waals surface area contributed by atoms with Crippen molar-refractivity contribution in [1.82, 2.24) is 10.1 Å². The number of nitrogens with zero attached hydrogens (tertiary/aromatic N) is 5. The average Bonchev–Trinajstić information content (AvgIpc) is 2.94. The van der Waals surface area contributed by atoms with Crippen LogP contribution >= 0.6 is 0 Å². The number of hydrogen-bond donors (Lipinski definition) is 1. The van der Waals surface area contributed by atoms with Crippen molar-refractivity contribution in [2.24, 2.45) is 0 Å². The summed E-state index contributed by atoms with van der Waals surface area (Å²) < 4.78 is 5.06. The lowest BCUT2D eigenvalue weighted by molar-refractivity contribution is 0.425. The summed E-state index contributed by atoms with van der Waals surface area (Å²) in [5.41, 5.74) is 0.798. The molecule has 7 nitrogen and oxygen atoms in total. The van der Waals surface area contributed by atoms with Gasteiger partial charge in [-0.25, -0.2) is 0 Å². The summed E-state index contributed by atoms with van der Waals surface area (Å²) >= 11 is 0. The van der Waals surface area contributed by atoms with Crippen molar-refractivity contribution in [1.29, 1.82) is 15.8 Å². The van der Waals surface area contributed by atoms with Gasteiger partial charge in [0.15, 0.2) is 11.4 Å². The van der Waals surface area contributed by atoms with E-state index in [1.807, 2.05) is 0 Å². The monoisotopic (exact) mass is 276 g/mol. The Balaban J connectivity index is 2.36. The Bertz CT molecular complexity index is 812. The fourth-order valence-electron chi connectivity index (χ4n) is 1.57. The van der Waals surface area contributed by atoms with E-state index in [-0.39, 0.29) is 11.3 Å². The molecule has 2 aromatic rings. The van der Waals surface area contributed by atoms with E-state index in [0.717, 1.165) is 0 Å². The van der Waals surface area contributed by atoms with Crippen LogP contribution in [-0.2, 0) is 0 Å². The summed E-state index contributed by atoms with van der Waals surface area (Å²) in [5.74, 6) is 0.858. The molecule has 0 amide bonds. The fourth-order valence-corrected chi connectivity index (χ4v) is 1.57. The lowest BCUT2D eigenvalue weighted by Gasteiger charge is -2.05. The quantitative estimate of drug-likeness (QED) is 0.853. The van der Waals surface area contributed by atoms with Crippen LogP contribution in [0.15, 0.2) is 40.1 Å². The van der Waals surface area contributed by atoms with Gasteiger partial charge >= 0.3 is 0 Å². The van der Waals surface area contributed by atoms with Gasteiger partial charge < -0.3 is 9.84 Å². The Labute approximate surface area is 120 Å². The molecule has 0 aliphatic carbocycles. The molecule has 0 saturated heterocycles. The largest absolute Gasteiger partial charge is 0.345 e. The first kappa shape index (κ1) is 13.8. The topological polar surface area (TPSA) is 122 Å². The van der Waals surface area contributed by atoms with Crippen molar-refractivity contribution in [3.8, 4) is 29.7 Å². The molecule has 0 radical (unpaired) electrons. The third kappa shape index (κ3) is 3.04. The van der Waals surface area contributed by atoms with Crippen molar-refractivity contribution in [2.75, 3.05) is 5.32 Å². The molecule has 21 heavy (non-hydrogen) atoms. The van der Waals surface area contributed by atoms with E-state index in [2.05, 4.69) is 15.5 Å². The number of aryl methyl sites for hydroxylation is 1. The molecule has 1 heterocycles. The summed E-state index contributed by atoms with van der Waals surface area (Å²) in [7, 11) is 0. The Hall–Kier alpha value is -3.63. The molecule has 1 aromatic carbocycles. The van der Waals surface area contributed by atoms with E-state index in [1.54, 1.807) is 49.4 Å². The van der Waals surface area contributed by atoms with Gasteiger partial charge in [0.05, 0.1) is 0 Å². The smallest absolute Gasteiger partial charge is 0.257 e. The lowest BCUT2D eigenvalue weighted by atomic mass is 10.2. The van der Waals surface area contributed by atoms with Crippen LogP contribution in [0.5, 0.6) is 0 Å². The standard InChI is InChI=1S/C14H8N6O/c1-9-18-14(21-20-9)10-3-2-4-12(5-10)19-13(8-17)11(6-15)7-16/h2-5,19H,1H3. The third-order valence-corrected chi connectivity index (χ3v) is 2.49. The zero-order valence-corrected chi connectivity index (χ0v) is 11.0. The number of rotatable bonds is 3. The maximum Gasteiger partial charge on any atom is 0.257 e. The molecule has 1 N–H and O–H groups in total. The van der Waals surface area contributed by atoms with E-state index in [4.69, 9.17) is 20.3 Å². The van der Waals surface area contributed by atoms with Crippen LogP contribution < -0.4 is 5.32 Å². The highest BCUT2D eigenvalue weighted by Crippen LogP contribution is 2.22. The number of nitriles is 3.